The predicted octanol–water partition coefficient (Wildman–Crippen LogP) is 6.31. The molecule has 0 aliphatic carbocycles. The lowest BCUT2D eigenvalue weighted by atomic mass is 10.00. The molecule has 2 aromatic rings. The summed E-state index contributed by atoms with van der Waals surface area (Å²) in [5.41, 5.74) is 4.02. The van der Waals surface area contributed by atoms with Gasteiger partial charge in [-0.3, -0.25) is 4.72 Å². The molecule has 1 atom stereocenters. The van der Waals surface area contributed by atoms with Crippen LogP contribution in [0.2, 0.25) is 5.02 Å². The van der Waals surface area contributed by atoms with E-state index in [-0.39, 0.29) is 0 Å². The second-order valence-electron chi connectivity index (χ2n) is 8.81. The number of halogens is 1. The van der Waals surface area contributed by atoms with Crippen LogP contribution in [0.1, 0.15) is 82.4 Å². The standard InChI is InChI=1S/C28H38ClN3S/c1-5-7-13-26-25(19-30)16-24(17-27(26)29)20-32-15-14-21(3)28(32)18-23(6-2)12-10-8-9-11-22(4)31-33/h6,14-18,22,31,33H,3,5,7-13,20H2,1-2,4H3/b23-6-,28-18+. The van der Waals surface area contributed by atoms with Gasteiger partial charge in [0.15, 0.2) is 0 Å². The molecule has 5 heteroatoms. The van der Waals surface area contributed by atoms with E-state index in [0.717, 1.165) is 53.8 Å². The Bertz CT molecular complexity index is 1080. The second-order valence-corrected chi connectivity index (χ2v) is 9.48. The van der Waals surface area contributed by atoms with Crippen LogP contribution in [-0.4, -0.2) is 10.6 Å². The molecule has 178 valence electrons. The van der Waals surface area contributed by atoms with Gasteiger partial charge in [-0.15, -0.1) is 0 Å². The van der Waals surface area contributed by atoms with Crippen LogP contribution in [0.4, 0.5) is 0 Å². The normalized spacial score (nSPS) is 13.3. The highest BCUT2D eigenvalue weighted by Crippen LogP contribution is 2.24. The molecule has 0 saturated heterocycles. The Kier molecular flexibility index (Phi) is 11.9. The molecule has 1 heterocycles. The molecule has 33 heavy (non-hydrogen) atoms. The third-order valence-electron chi connectivity index (χ3n) is 6.12. The average molecular weight is 484 g/mol. The Morgan fingerprint density at radius 1 is 1.30 bits per heavy atom. The number of unbranched alkanes of at least 4 members (excludes halogenated alkanes) is 3. The highest BCUT2D eigenvalue weighted by atomic mass is 35.5. The highest BCUT2D eigenvalue weighted by Gasteiger charge is 2.10. The fourth-order valence-electron chi connectivity index (χ4n) is 4.03. The molecular weight excluding hydrogens is 446 g/mol. The molecule has 0 bridgehead atoms. The summed E-state index contributed by atoms with van der Waals surface area (Å²) in [5.74, 6) is 0. The zero-order chi connectivity index (χ0) is 24.2. The Hall–Kier alpha value is -1.93. The van der Waals surface area contributed by atoms with Crippen LogP contribution in [0, 0.1) is 11.3 Å². The molecular formula is C28H38ClN3S. The van der Waals surface area contributed by atoms with E-state index >= 15 is 0 Å². The highest BCUT2D eigenvalue weighted by molar-refractivity contribution is 7.78. The van der Waals surface area contributed by atoms with Crippen molar-refractivity contribution in [2.24, 2.45) is 0 Å². The van der Waals surface area contributed by atoms with Gasteiger partial charge in [0.1, 0.15) is 0 Å². The molecule has 3 nitrogen and oxygen atoms in total. The van der Waals surface area contributed by atoms with Crippen LogP contribution in [0.3, 0.4) is 0 Å². The molecule has 2 rings (SSSR count). The van der Waals surface area contributed by atoms with Gasteiger partial charge in [0.25, 0.3) is 0 Å². The van der Waals surface area contributed by atoms with E-state index in [1.165, 1.54) is 24.8 Å². The fourth-order valence-corrected chi connectivity index (χ4v) is 4.49. The minimum Gasteiger partial charge on any atom is -0.343 e. The third kappa shape index (κ3) is 8.41. The lowest BCUT2D eigenvalue weighted by molar-refractivity contribution is 0.561. The summed E-state index contributed by atoms with van der Waals surface area (Å²) in [6.07, 6.45) is 15.3. The van der Waals surface area contributed by atoms with Crippen molar-refractivity contribution >= 4 is 37.1 Å². The molecule has 1 N–H and O–H groups in total. The third-order valence-corrected chi connectivity index (χ3v) is 6.90. The van der Waals surface area contributed by atoms with Gasteiger partial charge in [0, 0.05) is 29.2 Å². The lowest BCUT2D eigenvalue weighted by Crippen LogP contribution is -2.28. The first-order chi connectivity index (χ1) is 15.9. The van der Waals surface area contributed by atoms with Gasteiger partial charge in [-0.1, -0.05) is 68.8 Å². The van der Waals surface area contributed by atoms with Crippen molar-refractivity contribution in [2.75, 3.05) is 0 Å². The number of nitrogens with one attached hydrogen (secondary N) is 1. The van der Waals surface area contributed by atoms with Gasteiger partial charge in [0.2, 0.25) is 0 Å². The second kappa shape index (κ2) is 14.4. The fraction of sp³-hybridized carbons (Fsp3) is 0.464. The molecule has 0 radical (unpaired) electrons. The van der Waals surface area contributed by atoms with Crippen LogP contribution in [-0.2, 0) is 13.0 Å². The number of rotatable bonds is 13. The number of allylic oxidation sites excluding steroid dienone is 2. The first-order valence-electron chi connectivity index (χ1n) is 12.0. The number of hydrogen-bond donors (Lipinski definition) is 2. The summed E-state index contributed by atoms with van der Waals surface area (Å²) in [7, 11) is 0. The Labute approximate surface area is 210 Å². The molecule has 0 aliphatic rings. The van der Waals surface area contributed by atoms with Gasteiger partial charge in [-0.25, -0.2) is 0 Å². The van der Waals surface area contributed by atoms with Crippen molar-refractivity contribution < 1.29 is 0 Å². The Balaban J connectivity index is 2.17. The van der Waals surface area contributed by atoms with Crippen LogP contribution in [0.15, 0.2) is 36.0 Å². The van der Waals surface area contributed by atoms with Crippen LogP contribution in [0.25, 0.3) is 12.7 Å². The van der Waals surface area contributed by atoms with E-state index in [1.54, 1.807) is 0 Å². The van der Waals surface area contributed by atoms with Gasteiger partial charge in [0.05, 0.1) is 11.6 Å². The monoisotopic (exact) mass is 483 g/mol. The van der Waals surface area contributed by atoms with Crippen molar-refractivity contribution in [1.29, 1.82) is 5.26 Å². The first kappa shape index (κ1) is 27.3. The number of nitriles is 1. The minimum absolute atomic E-state index is 0.453. The molecule has 0 saturated carbocycles. The lowest BCUT2D eigenvalue weighted by Gasteiger charge is -2.11. The number of nitrogens with zero attached hydrogens (tertiary/aromatic N) is 2. The van der Waals surface area contributed by atoms with Gasteiger partial charge >= 0.3 is 0 Å². The summed E-state index contributed by atoms with van der Waals surface area (Å²) in [6.45, 7) is 11.3. The van der Waals surface area contributed by atoms with E-state index < -0.39 is 0 Å². The zero-order valence-electron chi connectivity index (χ0n) is 20.3. The van der Waals surface area contributed by atoms with Crippen LogP contribution < -0.4 is 15.3 Å². The van der Waals surface area contributed by atoms with Crippen molar-refractivity contribution in [1.82, 2.24) is 9.29 Å². The molecule has 1 aromatic carbocycles. The predicted molar refractivity (Wildman–Crippen MR) is 146 cm³/mol. The Morgan fingerprint density at radius 2 is 2.09 bits per heavy atom. The maximum atomic E-state index is 9.66. The molecule has 0 amide bonds. The van der Waals surface area contributed by atoms with E-state index in [0.29, 0.717) is 23.2 Å². The number of aromatic nitrogens is 1. The van der Waals surface area contributed by atoms with E-state index in [4.69, 9.17) is 11.6 Å². The smallest absolute Gasteiger partial charge is 0.0995 e. The summed E-state index contributed by atoms with van der Waals surface area (Å²) in [5, 5.41) is 12.5. The van der Waals surface area contributed by atoms with Crippen LogP contribution >= 0.6 is 24.4 Å². The molecule has 0 aliphatic heterocycles. The van der Waals surface area contributed by atoms with Gasteiger partial charge in [-0.05, 0) is 86.6 Å². The number of hydrogen-bond acceptors (Lipinski definition) is 3. The maximum absolute atomic E-state index is 9.66. The van der Waals surface area contributed by atoms with E-state index in [9.17, 15) is 5.26 Å². The SMILES string of the molecule is C=c1ccn(Cc2cc(Cl)c(CCCC)c(C#N)c2)/c1=C/C(=C\C)CCCCCC(C)NS. The topological polar surface area (TPSA) is 40.8 Å². The summed E-state index contributed by atoms with van der Waals surface area (Å²) < 4.78 is 5.20. The number of thiol groups is 1. The summed E-state index contributed by atoms with van der Waals surface area (Å²) >= 11 is 10.7. The van der Waals surface area contributed by atoms with Crippen molar-refractivity contribution in [3.8, 4) is 6.07 Å². The molecule has 1 unspecified atom stereocenters. The minimum atomic E-state index is 0.453. The van der Waals surface area contributed by atoms with Crippen molar-refractivity contribution in [2.45, 2.75) is 84.7 Å². The van der Waals surface area contributed by atoms with Gasteiger partial charge < -0.3 is 4.57 Å². The Morgan fingerprint density at radius 3 is 2.76 bits per heavy atom. The molecule has 0 fully saturated rings. The zero-order valence-corrected chi connectivity index (χ0v) is 22.0. The van der Waals surface area contributed by atoms with Crippen molar-refractivity contribution in [3.05, 3.63) is 68.3 Å². The first-order valence-corrected chi connectivity index (χ1v) is 12.9. The molecule has 1 aromatic heterocycles. The average Bonchev–Trinajstić information content (AvgIpc) is 3.15. The van der Waals surface area contributed by atoms with Gasteiger partial charge in [-0.2, -0.15) is 5.26 Å². The van der Waals surface area contributed by atoms with E-state index in [1.807, 2.05) is 18.2 Å². The van der Waals surface area contributed by atoms with Crippen LogP contribution in [0.5, 0.6) is 0 Å². The quantitative estimate of drug-likeness (QED) is 0.258. The largest absolute Gasteiger partial charge is 0.343 e. The number of benzene rings is 1. The molecule has 0 spiro atoms. The summed E-state index contributed by atoms with van der Waals surface area (Å²) in [6, 6.07) is 8.85. The summed E-state index contributed by atoms with van der Waals surface area (Å²) in [4.78, 5) is 0. The maximum Gasteiger partial charge on any atom is 0.0995 e. The van der Waals surface area contributed by atoms with Crippen molar-refractivity contribution in [3.63, 3.8) is 0 Å². The van der Waals surface area contributed by atoms with E-state index in [2.05, 4.69) is 73.9 Å².